The van der Waals surface area contributed by atoms with E-state index in [1.165, 1.54) is 11.8 Å². The summed E-state index contributed by atoms with van der Waals surface area (Å²) in [6.07, 6.45) is 0.986. The second-order valence-electron chi connectivity index (χ2n) is 7.92. The first-order chi connectivity index (χ1) is 14.9. The third-order valence-electron chi connectivity index (χ3n) is 5.60. The number of aryl methyl sites for hydroxylation is 1. The molecule has 0 bridgehead atoms. The topological polar surface area (TPSA) is 116 Å². The Bertz CT molecular complexity index is 1230. The number of nitrogens with one attached hydrogen (secondary N) is 2. The molecule has 2 amide bonds. The van der Waals surface area contributed by atoms with Crippen molar-refractivity contribution < 1.29 is 28.6 Å². The average Bonchev–Trinajstić information content (AvgIpc) is 3.55. The van der Waals surface area contributed by atoms with Gasteiger partial charge in [0.1, 0.15) is 11.9 Å². The molecule has 0 spiro atoms. The summed E-state index contributed by atoms with van der Waals surface area (Å²) in [7, 11) is 0. The number of carbonyl (C=O) groups excluding carboxylic acids is 3. The van der Waals surface area contributed by atoms with Crippen molar-refractivity contribution in [3.05, 3.63) is 47.3 Å². The van der Waals surface area contributed by atoms with Crippen LogP contribution in [0.15, 0.2) is 34.9 Å². The van der Waals surface area contributed by atoms with E-state index in [0.717, 1.165) is 18.5 Å². The summed E-state index contributed by atoms with van der Waals surface area (Å²) in [5.41, 5.74) is 3.27. The van der Waals surface area contributed by atoms with Crippen LogP contribution in [-0.2, 0) is 14.3 Å². The second-order valence-corrected chi connectivity index (χ2v) is 7.92. The monoisotopic (exact) mass is 421 g/mol. The van der Waals surface area contributed by atoms with Gasteiger partial charge in [-0.05, 0) is 38.8 Å². The van der Waals surface area contributed by atoms with Gasteiger partial charge in [0, 0.05) is 12.0 Å². The molecule has 158 valence electrons. The Morgan fingerprint density at radius 2 is 2.10 bits per heavy atom. The molecule has 1 unspecified atom stereocenters. The lowest BCUT2D eigenvalue weighted by Crippen LogP contribution is -2.47. The number of aromatic amines is 1. The zero-order valence-corrected chi connectivity index (χ0v) is 17.1. The molecule has 5 rings (SSSR count). The molecule has 2 N–H and O–H groups in total. The minimum Gasteiger partial charge on any atom is -0.449 e. The molecule has 1 aliphatic carbocycles. The van der Waals surface area contributed by atoms with Gasteiger partial charge in [0.25, 0.3) is 5.91 Å². The van der Waals surface area contributed by atoms with E-state index in [9.17, 15) is 14.4 Å². The van der Waals surface area contributed by atoms with E-state index in [1.807, 2.05) is 0 Å². The first-order valence-electron chi connectivity index (χ1n) is 10.2. The molecule has 0 saturated heterocycles. The summed E-state index contributed by atoms with van der Waals surface area (Å²) in [6.45, 7) is 3.11. The van der Waals surface area contributed by atoms with Gasteiger partial charge in [-0.25, -0.2) is 4.79 Å². The van der Waals surface area contributed by atoms with Gasteiger partial charge in [0.2, 0.25) is 5.91 Å². The average molecular weight is 421 g/mol. The molecule has 3 aromatic rings. The SMILES string of the molecule is Cc1noc2[nH+]c(C3CC3)cc(C(=O)OC(C)C(=O)N3CC(=O)Nc4ccccc43)c12. The fourth-order valence-electron chi connectivity index (χ4n) is 3.87. The molecule has 2 aromatic heterocycles. The summed E-state index contributed by atoms with van der Waals surface area (Å²) < 4.78 is 10.9. The van der Waals surface area contributed by atoms with Crippen molar-refractivity contribution in [1.29, 1.82) is 0 Å². The Morgan fingerprint density at radius 3 is 2.87 bits per heavy atom. The van der Waals surface area contributed by atoms with Gasteiger partial charge in [0.05, 0.1) is 22.6 Å². The van der Waals surface area contributed by atoms with E-state index in [1.54, 1.807) is 37.3 Å². The number of ether oxygens (including phenoxy) is 1. The highest BCUT2D eigenvalue weighted by Crippen LogP contribution is 2.39. The molecule has 0 radical (unpaired) electrons. The maximum absolute atomic E-state index is 13.1. The lowest BCUT2D eigenvalue weighted by Gasteiger charge is -2.30. The van der Waals surface area contributed by atoms with Crippen molar-refractivity contribution >= 4 is 40.3 Å². The lowest BCUT2D eigenvalue weighted by molar-refractivity contribution is -0.370. The number of benzene rings is 1. The first-order valence-corrected chi connectivity index (χ1v) is 10.2. The third kappa shape index (κ3) is 3.41. The van der Waals surface area contributed by atoms with Crippen LogP contribution in [0.1, 0.15) is 47.4 Å². The van der Waals surface area contributed by atoms with Crippen molar-refractivity contribution in [2.75, 3.05) is 16.8 Å². The number of fused-ring (bicyclic) bond motifs is 2. The number of esters is 1. The number of nitrogens with zero attached hydrogens (tertiary/aromatic N) is 2. The molecule has 1 atom stereocenters. The van der Waals surface area contributed by atoms with Gasteiger partial charge in [-0.1, -0.05) is 17.3 Å². The van der Waals surface area contributed by atoms with Crippen LogP contribution in [0.5, 0.6) is 0 Å². The van der Waals surface area contributed by atoms with Crippen molar-refractivity contribution in [2.24, 2.45) is 0 Å². The van der Waals surface area contributed by atoms with Gasteiger partial charge in [-0.2, -0.15) is 4.98 Å². The van der Waals surface area contributed by atoms with Gasteiger partial charge in [-0.15, -0.1) is 0 Å². The van der Waals surface area contributed by atoms with Crippen LogP contribution in [0.25, 0.3) is 11.1 Å². The summed E-state index contributed by atoms with van der Waals surface area (Å²) in [4.78, 5) is 42.7. The molecule has 2 aliphatic rings. The van der Waals surface area contributed by atoms with Gasteiger partial charge in [-0.3, -0.25) is 19.0 Å². The molecule has 1 saturated carbocycles. The molecule has 31 heavy (non-hydrogen) atoms. The number of H-pyrrole nitrogens is 1. The molecule has 9 nitrogen and oxygen atoms in total. The number of hydrogen-bond acceptors (Lipinski definition) is 6. The Kier molecular flexibility index (Phi) is 4.46. The number of pyridine rings is 1. The fourth-order valence-corrected chi connectivity index (χ4v) is 3.87. The number of para-hydroxylation sites is 2. The summed E-state index contributed by atoms with van der Waals surface area (Å²) in [5, 5.41) is 7.22. The van der Waals surface area contributed by atoms with Crippen LogP contribution >= 0.6 is 0 Å². The quantitative estimate of drug-likeness (QED) is 0.647. The van der Waals surface area contributed by atoms with Gasteiger partial charge < -0.3 is 10.1 Å². The summed E-state index contributed by atoms with van der Waals surface area (Å²) >= 11 is 0. The van der Waals surface area contributed by atoms with E-state index in [2.05, 4.69) is 15.5 Å². The van der Waals surface area contributed by atoms with Crippen molar-refractivity contribution in [2.45, 2.75) is 38.7 Å². The predicted molar refractivity (Wildman–Crippen MR) is 110 cm³/mol. The summed E-state index contributed by atoms with van der Waals surface area (Å²) in [6, 6.07) is 8.76. The number of hydrogen-bond donors (Lipinski definition) is 1. The lowest BCUT2D eigenvalue weighted by atomic mass is 10.1. The highest BCUT2D eigenvalue weighted by atomic mass is 16.5. The van der Waals surface area contributed by atoms with Crippen molar-refractivity contribution in [3.63, 3.8) is 0 Å². The molecular weight excluding hydrogens is 400 g/mol. The number of anilines is 2. The Balaban J connectivity index is 1.42. The Hall–Kier alpha value is -3.75. The number of carbonyl (C=O) groups is 3. The van der Waals surface area contributed by atoms with E-state index < -0.39 is 18.0 Å². The Morgan fingerprint density at radius 1 is 1.32 bits per heavy atom. The molecule has 1 aromatic carbocycles. The standard InChI is InChI=1S/C22H20N4O5/c1-11-19-14(9-16(13-7-8-13)24-20(19)31-25-11)22(29)30-12(2)21(28)26-10-18(27)23-15-5-3-4-6-17(15)26/h3-6,9,12-13H,7-8,10H2,1-2H3,(H,23,27)/p+1. The number of aromatic nitrogens is 2. The second kappa shape index (κ2) is 7.19. The zero-order chi connectivity index (χ0) is 21.7. The number of amides is 2. The van der Waals surface area contributed by atoms with Crippen molar-refractivity contribution in [3.8, 4) is 0 Å². The van der Waals surface area contributed by atoms with E-state index in [0.29, 0.717) is 39.6 Å². The normalized spacial score (nSPS) is 16.6. The van der Waals surface area contributed by atoms with E-state index in [4.69, 9.17) is 9.26 Å². The van der Waals surface area contributed by atoms with E-state index in [-0.39, 0.29) is 12.5 Å². The van der Waals surface area contributed by atoms with Crippen LogP contribution in [-0.4, -0.2) is 35.6 Å². The smallest absolute Gasteiger partial charge is 0.403 e. The van der Waals surface area contributed by atoms with Gasteiger partial charge in [0.15, 0.2) is 11.8 Å². The van der Waals surface area contributed by atoms with Gasteiger partial charge >= 0.3 is 11.7 Å². The largest absolute Gasteiger partial charge is 0.449 e. The molecular formula is C22H21N4O5+. The highest BCUT2D eigenvalue weighted by Gasteiger charge is 2.35. The Labute approximate surface area is 177 Å². The summed E-state index contributed by atoms with van der Waals surface area (Å²) in [5.74, 6) is -1.06. The molecule has 3 heterocycles. The third-order valence-corrected chi connectivity index (χ3v) is 5.60. The molecule has 1 fully saturated rings. The number of rotatable bonds is 4. The minimum atomic E-state index is -1.09. The van der Waals surface area contributed by atoms with Crippen LogP contribution in [0.3, 0.4) is 0 Å². The minimum absolute atomic E-state index is 0.140. The molecule has 9 heteroatoms. The van der Waals surface area contributed by atoms with E-state index >= 15 is 0 Å². The maximum Gasteiger partial charge on any atom is 0.403 e. The maximum atomic E-state index is 13.1. The first kappa shape index (κ1) is 19.2. The van der Waals surface area contributed by atoms with Crippen LogP contribution < -0.4 is 15.2 Å². The molecule has 1 aliphatic heterocycles. The predicted octanol–water partition coefficient (Wildman–Crippen LogP) is 2.36. The fraction of sp³-hybridized carbons (Fsp3) is 0.318. The van der Waals surface area contributed by atoms with Crippen LogP contribution in [0, 0.1) is 6.92 Å². The highest BCUT2D eigenvalue weighted by molar-refractivity contribution is 6.11. The van der Waals surface area contributed by atoms with Crippen LogP contribution in [0.4, 0.5) is 11.4 Å². The van der Waals surface area contributed by atoms with Crippen LogP contribution in [0.2, 0.25) is 0 Å². The zero-order valence-electron chi connectivity index (χ0n) is 17.1. The van der Waals surface area contributed by atoms with Crippen molar-refractivity contribution in [1.82, 2.24) is 5.16 Å².